The van der Waals surface area contributed by atoms with Gasteiger partial charge in [-0.25, -0.2) is 0 Å². The van der Waals surface area contributed by atoms with Crippen LogP contribution in [0.3, 0.4) is 0 Å². The van der Waals surface area contributed by atoms with Gasteiger partial charge in [0.25, 0.3) is 0 Å². The van der Waals surface area contributed by atoms with Crippen LogP contribution in [0.25, 0.3) is 0 Å². The molecule has 2 heterocycles. The van der Waals surface area contributed by atoms with E-state index < -0.39 is 5.60 Å². The van der Waals surface area contributed by atoms with Crippen molar-refractivity contribution < 1.29 is 9.84 Å². The summed E-state index contributed by atoms with van der Waals surface area (Å²) in [5.41, 5.74) is -0.158. The smallest absolute Gasteiger partial charge is 0.191 e. The Kier molecular flexibility index (Phi) is 4.81. The van der Waals surface area contributed by atoms with Crippen LogP contribution in [0.2, 0.25) is 0 Å². The van der Waals surface area contributed by atoms with Crippen LogP contribution < -0.4 is 10.6 Å². The van der Waals surface area contributed by atoms with Crippen LogP contribution in [-0.4, -0.2) is 53.2 Å². The lowest BCUT2D eigenvalue weighted by molar-refractivity contribution is -0.188. The summed E-state index contributed by atoms with van der Waals surface area (Å²) >= 11 is 0. The molecular formula is C18H31N5O2. The number of nitrogens with one attached hydrogen (secondary N) is 2. The molecule has 25 heavy (non-hydrogen) atoms. The maximum Gasteiger partial charge on any atom is 0.191 e. The van der Waals surface area contributed by atoms with Gasteiger partial charge in [0.2, 0.25) is 0 Å². The van der Waals surface area contributed by atoms with Gasteiger partial charge in [-0.05, 0) is 19.8 Å². The van der Waals surface area contributed by atoms with Crippen molar-refractivity contribution in [1.29, 1.82) is 0 Å². The molecule has 0 bridgehead atoms. The Morgan fingerprint density at radius 1 is 1.56 bits per heavy atom. The number of aryl methyl sites for hydroxylation is 1. The highest BCUT2D eigenvalue weighted by Gasteiger charge is 2.58. The minimum Gasteiger partial charge on any atom is -0.383 e. The minimum absolute atomic E-state index is 0.0780. The highest BCUT2D eigenvalue weighted by Crippen LogP contribution is 2.51. The summed E-state index contributed by atoms with van der Waals surface area (Å²) in [6.07, 6.45) is 6.16. The number of hydrogen-bond acceptors (Lipinski definition) is 4. The second-order valence-electron chi connectivity index (χ2n) is 8.14. The van der Waals surface area contributed by atoms with Crippen molar-refractivity contribution in [3.63, 3.8) is 0 Å². The first-order valence-electron chi connectivity index (χ1n) is 9.06. The lowest BCUT2D eigenvalue weighted by Crippen LogP contribution is -2.71. The average molecular weight is 349 g/mol. The number of ether oxygens (including phenoxy) is 1. The van der Waals surface area contributed by atoms with Crippen molar-refractivity contribution in [3.05, 3.63) is 18.0 Å². The molecule has 2 fully saturated rings. The summed E-state index contributed by atoms with van der Waals surface area (Å²) in [5, 5.41) is 21.7. The summed E-state index contributed by atoms with van der Waals surface area (Å²) in [5.74, 6) is 1.24. The molecule has 1 saturated heterocycles. The first-order chi connectivity index (χ1) is 11.8. The molecule has 1 aromatic rings. The number of aromatic nitrogens is 2. The van der Waals surface area contributed by atoms with E-state index in [1.807, 2.05) is 13.2 Å². The zero-order valence-electron chi connectivity index (χ0n) is 15.9. The van der Waals surface area contributed by atoms with E-state index in [1.165, 1.54) is 6.42 Å². The molecular weight excluding hydrogens is 318 g/mol. The van der Waals surface area contributed by atoms with E-state index >= 15 is 0 Å². The van der Waals surface area contributed by atoms with Crippen molar-refractivity contribution >= 4 is 5.96 Å². The molecule has 4 unspecified atom stereocenters. The summed E-state index contributed by atoms with van der Waals surface area (Å²) in [7, 11) is 3.60. The topological polar surface area (TPSA) is 83.7 Å². The molecule has 0 aromatic carbocycles. The van der Waals surface area contributed by atoms with Gasteiger partial charge in [-0.2, -0.15) is 5.10 Å². The fourth-order valence-electron chi connectivity index (χ4n) is 4.21. The number of rotatable bonds is 4. The first-order valence-corrected chi connectivity index (χ1v) is 9.06. The fourth-order valence-corrected chi connectivity index (χ4v) is 4.21. The quantitative estimate of drug-likeness (QED) is 0.558. The lowest BCUT2D eigenvalue weighted by Gasteiger charge is -2.60. The summed E-state index contributed by atoms with van der Waals surface area (Å²) in [6, 6.07) is 0.326. The number of guanidine groups is 1. The molecule has 1 aliphatic carbocycles. The minimum atomic E-state index is -1.02. The van der Waals surface area contributed by atoms with Crippen LogP contribution in [-0.2, 0) is 17.4 Å². The predicted octanol–water partition coefficient (Wildman–Crippen LogP) is 0.996. The Balaban J connectivity index is 1.60. The second kappa shape index (κ2) is 6.61. The number of aliphatic hydroxyl groups is 1. The van der Waals surface area contributed by atoms with Crippen molar-refractivity contribution in [2.45, 2.75) is 51.4 Å². The van der Waals surface area contributed by atoms with Crippen LogP contribution >= 0.6 is 0 Å². The van der Waals surface area contributed by atoms with Crippen LogP contribution in [0.15, 0.2) is 17.4 Å². The zero-order valence-corrected chi connectivity index (χ0v) is 15.9. The van der Waals surface area contributed by atoms with Gasteiger partial charge in [-0.15, -0.1) is 0 Å². The molecule has 4 atom stereocenters. The van der Waals surface area contributed by atoms with Crippen molar-refractivity contribution in [3.8, 4) is 0 Å². The third-order valence-corrected chi connectivity index (χ3v) is 5.77. The molecule has 1 saturated carbocycles. The average Bonchev–Trinajstić information content (AvgIpc) is 3.02. The van der Waals surface area contributed by atoms with Crippen molar-refractivity contribution in [2.24, 2.45) is 23.4 Å². The molecule has 0 radical (unpaired) electrons. The highest BCUT2D eigenvalue weighted by molar-refractivity contribution is 5.80. The summed E-state index contributed by atoms with van der Waals surface area (Å²) < 4.78 is 7.65. The van der Waals surface area contributed by atoms with E-state index in [-0.39, 0.29) is 5.41 Å². The molecule has 0 amide bonds. The largest absolute Gasteiger partial charge is 0.383 e. The number of fused-ring (bicyclic) bond motifs is 1. The van der Waals surface area contributed by atoms with E-state index in [0.717, 1.165) is 18.6 Å². The standard InChI is InChI=1S/C18H31N5O2/c1-17(2)14(13-7-6-8-25-15(13)17)22-16(19-4)20-11-18(3,24)12-9-21-23(5)10-12/h9-10,13-15,24H,6-8,11H2,1-5H3,(H2,19,20,22). The Bertz CT molecular complexity index is 637. The Morgan fingerprint density at radius 3 is 2.96 bits per heavy atom. The van der Waals surface area contributed by atoms with Gasteiger partial charge in [-0.1, -0.05) is 13.8 Å². The maximum absolute atomic E-state index is 10.7. The van der Waals surface area contributed by atoms with Crippen LogP contribution in [0.1, 0.15) is 39.2 Å². The SMILES string of the molecule is CN=C(NCC(C)(O)c1cnn(C)c1)NC1C2CCCOC2C1(C)C. The van der Waals surface area contributed by atoms with E-state index in [1.54, 1.807) is 24.9 Å². The second-order valence-corrected chi connectivity index (χ2v) is 8.14. The van der Waals surface area contributed by atoms with Gasteiger partial charge < -0.3 is 20.5 Å². The molecule has 2 aliphatic rings. The van der Waals surface area contributed by atoms with E-state index in [4.69, 9.17) is 4.74 Å². The Morgan fingerprint density at radius 2 is 2.32 bits per heavy atom. The van der Waals surface area contributed by atoms with Crippen LogP contribution in [0, 0.1) is 11.3 Å². The Hall–Kier alpha value is -1.60. The Labute approximate surface area is 149 Å². The summed E-state index contributed by atoms with van der Waals surface area (Å²) in [4.78, 5) is 4.34. The fraction of sp³-hybridized carbons (Fsp3) is 0.778. The maximum atomic E-state index is 10.7. The summed E-state index contributed by atoms with van der Waals surface area (Å²) in [6.45, 7) is 7.50. The van der Waals surface area contributed by atoms with Gasteiger partial charge in [0.1, 0.15) is 5.60 Å². The first kappa shape index (κ1) is 18.2. The van der Waals surface area contributed by atoms with Crippen molar-refractivity contribution in [1.82, 2.24) is 20.4 Å². The molecule has 7 heteroatoms. The van der Waals surface area contributed by atoms with Crippen LogP contribution in [0.4, 0.5) is 0 Å². The van der Waals surface area contributed by atoms with E-state index in [0.29, 0.717) is 30.6 Å². The van der Waals surface area contributed by atoms with Gasteiger partial charge in [-0.3, -0.25) is 9.67 Å². The number of nitrogens with zero attached hydrogens (tertiary/aromatic N) is 3. The highest BCUT2D eigenvalue weighted by atomic mass is 16.5. The van der Waals surface area contributed by atoms with Gasteiger partial charge in [0.05, 0.1) is 18.8 Å². The lowest BCUT2D eigenvalue weighted by atomic mass is 9.55. The molecule has 3 N–H and O–H groups in total. The normalized spacial score (nSPS) is 30.8. The van der Waals surface area contributed by atoms with Crippen LogP contribution in [0.5, 0.6) is 0 Å². The van der Waals surface area contributed by atoms with E-state index in [9.17, 15) is 5.11 Å². The van der Waals surface area contributed by atoms with Gasteiger partial charge in [0.15, 0.2) is 5.96 Å². The number of aliphatic imine (C=N–C) groups is 1. The van der Waals surface area contributed by atoms with Gasteiger partial charge in [0, 0.05) is 49.8 Å². The molecule has 7 nitrogen and oxygen atoms in total. The molecule has 0 spiro atoms. The third kappa shape index (κ3) is 3.40. The van der Waals surface area contributed by atoms with E-state index in [2.05, 4.69) is 34.6 Å². The van der Waals surface area contributed by atoms with Gasteiger partial charge >= 0.3 is 0 Å². The number of hydrogen-bond donors (Lipinski definition) is 3. The molecule has 3 rings (SSSR count). The van der Waals surface area contributed by atoms with Crippen molar-refractivity contribution in [2.75, 3.05) is 20.2 Å². The monoisotopic (exact) mass is 349 g/mol. The molecule has 1 aliphatic heterocycles. The zero-order chi connectivity index (χ0) is 18.2. The third-order valence-electron chi connectivity index (χ3n) is 5.77. The molecule has 140 valence electrons. The molecule has 1 aromatic heterocycles. The predicted molar refractivity (Wildman–Crippen MR) is 97.3 cm³/mol.